The molecule has 0 radical (unpaired) electrons. The van der Waals surface area contributed by atoms with E-state index in [9.17, 15) is 14.4 Å². The summed E-state index contributed by atoms with van der Waals surface area (Å²) >= 11 is 0. The first-order valence-electron chi connectivity index (χ1n) is 13.0. The van der Waals surface area contributed by atoms with E-state index in [2.05, 4.69) is 20.8 Å². The van der Waals surface area contributed by atoms with Crippen LogP contribution in [0.25, 0.3) is 0 Å². The molecule has 10 nitrogen and oxygen atoms in total. The maximum absolute atomic E-state index is 13.2. The van der Waals surface area contributed by atoms with E-state index in [1.807, 2.05) is 12.1 Å². The van der Waals surface area contributed by atoms with Crippen LogP contribution in [0.3, 0.4) is 0 Å². The largest absolute Gasteiger partial charge is 0.360 e. The number of piperidine rings is 1. The van der Waals surface area contributed by atoms with Crippen molar-refractivity contribution in [2.75, 3.05) is 18.4 Å². The average molecular weight is 553 g/mol. The van der Waals surface area contributed by atoms with Crippen LogP contribution in [-0.2, 0) is 4.79 Å². The van der Waals surface area contributed by atoms with E-state index in [1.165, 1.54) is 0 Å². The van der Waals surface area contributed by atoms with E-state index in [0.29, 0.717) is 43.1 Å². The fraction of sp³-hybridized carbons (Fsp3) is 0.393. The van der Waals surface area contributed by atoms with E-state index in [-0.39, 0.29) is 47.8 Å². The van der Waals surface area contributed by atoms with E-state index < -0.39 is 6.04 Å². The molecule has 2 aliphatic rings. The van der Waals surface area contributed by atoms with Gasteiger partial charge in [-0.1, -0.05) is 17.3 Å². The fourth-order valence-electron chi connectivity index (χ4n) is 4.90. The van der Waals surface area contributed by atoms with Gasteiger partial charge in [0.2, 0.25) is 5.91 Å². The van der Waals surface area contributed by atoms with Gasteiger partial charge in [-0.3, -0.25) is 19.4 Å². The van der Waals surface area contributed by atoms with Crippen molar-refractivity contribution in [3.63, 3.8) is 0 Å². The van der Waals surface area contributed by atoms with Crippen LogP contribution in [0.15, 0.2) is 59.4 Å². The number of halogens is 1. The van der Waals surface area contributed by atoms with Gasteiger partial charge in [0.05, 0.1) is 24.0 Å². The molecule has 39 heavy (non-hydrogen) atoms. The molecule has 206 valence electrons. The number of hydrogen-bond donors (Lipinski definition) is 3. The Morgan fingerprint density at radius 2 is 1.82 bits per heavy atom. The van der Waals surface area contributed by atoms with Crippen LogP contribution in [0.5, 0.6) is 0 Å². The van der Waals surface area contributed by atoms with E-state index in [0.717, 1.165) is 24.2 Å². The number of rotatable bonds is 8. The minimum Gasteiger partial charge on any atom is -0.360 e. The predicted molar refractivity (Wildman–Crippen MR) is 148 cm³/mol. The number of pyridine rings is 1. The van der Waals surface area contributed by atoms with Gasteiger partial charge < -0.3 is 25.8 Å². The third-order valence-electron chi connectivity index (χ3n) is 7.17. The molecule has 4 N–H and O–H groups in total. The first-order chi connectivity index (χ1) is 18.4. The molecule has 3 aromatic rings. The summed E-state index contributed by atoms with van der Waals surface area (Å²) in [7, 11) is 0. The van der Waals surface area contributed by atoms with E-state index >= 15 is 0 Å². The lowest BCUT2D eigenvalue weighted by molar-refractivity contribution is -0.133. The number of carbonyl (C=O) groups excluding carboxylic acids is 3. The highest BCUT2D eigenvalue weighted by molar-refractivity contribution is 6.04. The van der Waals surface area contributed by atoms with Gasteiger partial charge in [-0.05, 0) is 68.4 Å². The maximum Gasteiger partial charge on any atom is 0.273 e. The smallest absolute Gasteiger partial charge is 0.273 e. The fourth-order valence-corrected chi connectivity index (χ4v) is 4.90. The summed E-state index contributed by atoms with van der Waals surface area (Å²) in [5.74, 6) is 0.457. The molecule has 1 aliphatic carbocycles. The Kier molecular flexibility index (Phi) is 8.98. The van der Waals surface area contributed by atoms with Gasteiger partial charge in [0.1, 0.15) is 5.76 Å². The van der Waals surface area contributed by atoms with Crippen molar-refractivity contribution in [1.82, 2.24) is 20.4 Å². The van der Waals surface area contributed by atoms with Crippen LogP contribution in [0, 0.1) is 5.92 Å². The van der Waals surface area contributed by atoms with Crippen molar-refractivity contribution < 1.29 is 18.9 Å². The molecule has 1 aromatic carbocycles. The Morgan fingerprint density at radius 1 is 1.05 bits per heavy atom. The van der Waals surface area contributed by atoms with Crippen LogP contribution in [0.1, 0.15) is 76.7 Å². The number of amides is 3. The monoisotopic (exact) mass is 552 g/mol. The minimum absolute atomic E-state index is 0. The molecule has 11 heteroatoms. The number of nitrogens with one attached hydrogen (secondary N) is 2. The summed E-state index contributed by atoms with van der Waals surface area (Å²) in [6.07, 6.45) is 6.68. The molecule has 5 rings (SSSR count). The molecule has 3 amide bonds. The van der Waals surface area contributed by atoms with Crippen molar-refractivity contribution in [2.24, 2.45) is 11.7 Å². The number of hydrogen-bond acceptors (Lipinski definition) is 7. The Hall–Kier alpha value is -3.76. The quantitative estimate of drug-likeness (QED) is 0.386. The Bertz CT molecular complexity index is 1300. The number of benzene rings is 1. The zero-order chi connectivity index (χ0) is 26.6. The average Bonchev–Trinajstić information content (AvgIpc) is 3.67. The van der Waals surface area contributed by atoms with Gasteiger partial charge in [0.15, 0.2) is 5.69 Å². The molecular formula is C28H33ClN6O4. The summed E-state index contributed by atoms with van der Waals surface area (Å²) in [4.78, 5) is 44.4. The molecule has 0 bridgehead atoms. The number of nitrogens with two attached hydrogens (primary N) is 1. The summed E-state index contributed by atoms with van der Waals surface area (Å²) in [5.41, 5.74) is 7.91. The standard InChI is InChI=1S/C28H32N6O4.ClH/c1-17(29)28(37)34-12-9-19(10-13-34)25(32-27(36)23-15-24(38-33-23)18-7-8-18)20-4-2-5-21(14-20)26(35)31-22-6-3-11-30-16-22;/h2-6,11,14-19,25H,7-10,12-13,29H2,1H3,(H,31,35)(H,32,36);1H/t17-,25?;/m0./s1. The Labute approximate surface area is 233 Å². The first-order valence-corrected chi connectivity index (χ1v) is 13.0. The Morgan fingerprint density at radius 3 is 2.49 bits per heavy atom. The highest BCUT2D eigenvalue weighted by atomic mass is 35.5. The molecular weight excluding hydrogens is 520 g/mol. The van der Waals surface area contributed by atoms with Crippen molar-refractivity contribution >= 4 is 35.8 Å². The third kappa shape index (κ3) is 6.82. The molecule has 0 spiro atoms. The highest BCUT2D eigenvalue weighted by Gasteiger charge is 2.33. The van der Waals surface area contributed by atoms with Crippen LogP contribution in [0.2, 0.25) is 0 Å². The molecule has 1 unspecified atom stereocenters. The van der Waals surface area contributed by atoms with Gasteiger partial charge >= 0.3 is 0 Å². The zero-order valence-electron chi connectivity index (χ0n) is 21.7. The van der Waals surface area contributed by atoms with E-state index in [1.54, 1.807) is 54.5 Å². The molecule has 2 atom stereocenters. The summed E-state index contributed by atoms with van der Waals surface area (Å²) in [6, 6.07) is 11.5. The minimum atomic E-state index is -0.551. The summed E-state index contributed by atoms with van der Waals surface area (Å²) < 4.78 is 5.39. The van der Waals surface area contributed by atoms with Crippen LogP contribution >= 0.6 is 12.4 Å². The Balaban J connectivity index is 0.00000353. The molecule has 1 saturated heterocycles. The lowest BCUT2D eigenvalue weighted by Gasteiger charge is -2.37. The van der Waals surface area contributed by atoms with Gasteiger partial charge in [-0.25, -0.2) is 0 Å². The lowest BCUT2D eigenvalue weighted by atomic mass is 9.84. The number of nitrogens with zero attached hydrogens (tertiary/aromatic N) is 3. The third-order valence-corrected chi connectivity index (χ3v) is 7.17. The lowest BCUT2D eigenvalue weighted by Crippen LogP contribution is -2.47. The first kappa shape index (κ1) is 28.3. The molecule has 2 fully saturated rings. The SMILES string of the molecule is C[C@H](N)C(=O)N1CCC(C(NC(=O)c2cc(C3CC3)on2)c2cccc(C(=O)Nc3cccnc3)c2)CC1.Cl. The number of carbonyl (C=O) groups is 3. The van der Waals surface area contributed by atoms with Gasteiger partial charge in [-0.15, -0.1) is 12.4 Å². The zero-order valence-corrected chi connectivity index (χ0v) is 22.5. The van der Waals surface area contributed by atoms with Crippen molar-refractivity contribution in [3.05, 3.63) is 77.4 Å². The van der Waals surface area contributed by atoms with Gasteiger partial charge in [-0.2, -0.15) is 0 Å². The number of likely N-dealkylation sites (tertiary alicyclic amines) is 1. The van der Waals surface area contributed by atoms with Gasteiger partial charge in [0.25, 0.3) is 11.8 Å². The normalized spacial score (nSPS) is 17.0. The predicted octanol–water partition coefficient (Wildman–Crippen LogP) is 3.68. The van der Waals surface area contributed by atoms with Gasteiger partial charge in [0, 0.05) is 36.8 Å². The summed E-state index contributed by atoms with van der Waals surface area (Å²) in [6.45, 7) is 2.79. The second-order valence-electron chi connectivity index (χ2n) is 10.1. The van der Waals surface area contributed by atoms with Crippen molar-refractivity contribution in [1.29, 1.82) is 0 Å². The van der Waals surface area contributed by atoms with Crippen molar-refractivity contribution in [2.45, 2.75) is 50.6 Å². The topological polar surface area (TPSA) is 143 Å². The van der Waals surface area contributed by atoms with Crippen molar-refractivity contribution in [3.8, 4) is 0 Å². The van der Waals surface area contributed by atoms with Crippen LogP contribution in [0.4, 0.5) is 5.69 Å². The molecule has 3 heterocycles. The highest BCUT2D eigenvalue weighted by Crippen LogP contribution is 2.40. The second kappa shape index (κ2) is 12.4. The summed E-state index contributed by atoms with van der Waals surface area (Å²) in [5, 5.41) is 9.99. The molecule has 1 saturated carbocycles. The van der Waals surface area contributed by atoms with Crippen LogP contribution < -0.4 is 16.4 Å². The molecule has 1 aliphatic heterocycles. The number of aromatic nitrogens is 2. The molecule has 2 aromatic heterocycles. The maximum atomic E-state index is 13.2. The second-order valence-corrected chi connectivity index (χ2v) is 10.1. The van der Waals surface area contributed by atoms with E-state index in [4.69, 9.17) is 10.3 Å². The number of anilines is 1. The van der Waals surface area contributed by atoms with Crippen LogP contribution in [-0.4, -0.2) is 51.9 Å².